The number of hydrogen-bond donors (Lipinski definition) is 1. The van der Waals surface area contributed by atoms with Gasteiger partial charge in [0.1, 0.15) is 12.7 Å². The molecular weight excluding hydrogens is 345 g/mol. The normalized spacial score (nSPS) is 10.2. The number of alkyl halides is 3. The first-order chi connectivity index (χ1) is 12.4. The molecule has 0 radical (unpaired) electrons. The van der Waals surface area contributed by atoms with Crippen LogP contribution < -0.4 is 5.32 Å². The third-order valence-electron chi connectivity index (χ3n) is 3.22. The van der Waals surface area contributed by atoms with Crippen LogP contribution in [-0.2, 0) is 17.5 Å². The van der Waals surface area contributed by atoms with Gasteiger partial charge >= 0.3 is 12.3 Å². The number of nitrogens with zero attached hydrogens (tertiary/aromatic N) is 1. The van der Waals surface area contributed by atoms with E-state index in [0.717, 1.165) is 23.8 Å². The lowest BCUT2D eigenvalue weighted by molar-refractivity contribution is -0.137. The van der Waals surface area contributed by atoms with Crippen molar-refractivity contribution < 1.29 is 22.7 Å². The molecule has 0 saturated carbocycles. The Bertz CT molecular complexity index is 876. The zero-order valence-electron chi connectivity index (χ0n) is 13.4. The Hall–Kier alpha value is -3.45. The topological polar surface area (TPSA) is 62.1 Å². The number of hydrogen-bond acceptors (Lipinski definition) is 3. The quantitative estimate of drug-likeness (QED) is 0.848. The van der Waals surface area contributed by atoms with E-state index < -0.39 is 17.8 Å². The summed E-state index contributed by atoms with van der Waals surface area (Å²) in [6.07, 6.45) is -5.23. The fourth-order valence-electron chi connectivity index (χ4n) is 1.95. The Balaban J connectivity index is 1.93. The van der Waals surface area contributed by atoms with E-state index in [1.54, 1.807) is 18.2 Å². The van der Waals surface area contributed by atoms with Crippen molar-refractivity contribution in [3.8, 4) is 17.9 Å². The first-order valence-corrected chi connectivity index (χ1v) is 7.45. The van der Waals surface area contributed by atoms with Crippen molar-refractivity contribution in [1.82, 2.24) is 5.32 Å². The molecule has 0 aliphatic rings. The van der Waals surface area contributed by atoms with Crippen molar-refractivity contribution >= 4 is 6.09 Å². The van der Waals surface area contributed by atoms with Crippen LogP contribution in [-0.4, -0.2) is 12.6 Å². The summed E-state index contributed by atoms with van der Waals surface area (Å²) in [5, 5.41) is 11.3. The maximum absolute atomic E-state index is 12.7. The Labute approximate surface area is 148 Å². The number of amides is 1. The van der Waals surface area contributed by atoms with Crippen LogP contribution in [0.25, 0.3) is 0 Å². The highest BCUT2D eigenvalue weighted by Gasteiger charge is 2.30. The average Bonchev–Trinajstić information content (AvgIpc) is 2.63. The highest BCUT2D eigenvalue weighted by Crippen LogP contribution is 2.30. The number of alkyl carbamates (subject to hydrolysis) is 1. The summed E-state index contributed by atoms with van der Waals surface area (Å²) in [6, 6.07) is 13.5. The summed E-state index contributed by atoms with van der Waals surface area (Å²) >= 11 is 0. The van der Waals surface area contributed by atoms with Crippen LogP contribution in [0.3, 0.4) is 0 Å². The van der Waals surface area contributed by atoms with Gasteiger partial charge in [-0.1, -0.05) is 42.2 Å². The first-order valence-electron chi connectivity index (χ1n) is 7.45. The number of ether oxygens (including phenoxy) is 1. The summed E-state index contributed by atoms with van der Waals surface area (Å²) in [4.78, 5) is 11.5. The van der Waals surface area contributed by atoms with Crippen molar-refractivity contribution in [2.45, 2.75) is 12.8 Å². The maximum atomic E-state index is 12.7. The molecule has 26 heavy (non-hydrogen) atoms. The van der Waals surface area contributed by atoms with E-state index in [2.05, 4.69) is 17.2 Å². The molecular formula is C19H13F3N2O2. The second-order valence-electron chi connectivity index (χ2n) is 5.09. The van der Waals surface area contributed by atoms with E-state index >= 15 is 0 Å². The summed E-state index contributed by atoms with van der Waals surface area (Å²) < 4.78 is 43.1. The lowest BCUT2D eigenvalue weighted by atomic mass is 10.0. The van der Waals surface area contributed by atoms with Gasteiger partial charge in [-0.2, -0.15) is 18.4 Å². The van der Waals surface area contributed by atoms with Gasteiger partial charge in [0.2, 0.25) is 0 Å². The minimum atomic E-state index is -4.52. The molecule has 0 atom stereocenters. The Morgan fingerprint density at radius 3 is 2.50 bits per heavy atom. The summed E-state index contributed by atoms with van der Waals surface area (Å²) in [5.41, 5.74) is -0.105. The average molecular weight is 358 g/mol. The predicted molar refractivity (Wildman–Crippen MR) is 87.7 cm³/mol. The van der Waals surface area contributed by atoms with Crippen LogP contribution in [0.2, 0.25) is 0 Å². The fourth-order valence-corrected chi connectivity index (χ4v) is 1.95. The van der Waals surface area contributed by atoms with Crippen LogP contribution in [0, 0.1) is 23.2 Å². The molecule has 2 rings (SSSR count). The molecule has 2 aromatic rings. The van der Waals surface area contributed by atoms with Gasteiger partial charge in [0, 0.05) is 5.56 Å². The van der Waals surface area contributed by atoms with Gasteiger partial charge in [-0.25, -0.2) is 4.79 Å². The molecule has 0 unspecified atom stereocenters. The van der Waals surface area contributed by atoms with E-state index in [4.69, 9.17) is 10.00 Å². The molecule has 0 saturated heterocycles. The third-order valence-corrected chi connectivity index (χ3v) is 3.22. The second-order valence-corrected chi connectivity index (χ2v) is 5.09. The van der Waals surface area contributed by atoms with Crippen LogP contribution in [0.15, 0.2) is 48.5 Å². The number of nitrogens with one attached hydrogen (secondary N) is 1. The molecule has 0 spiro atoms. The second kappa shape index (κ2) is 8.59. The fraction of sp³-hybridized carbons (Fsp3) is 0.158. The maximum Gasteiger partial charge on any atom is 0.416 e. The van der Waals surface area contributed by atoms with Gasteiger partial charge in [-0.15, -0.1) is 0 Å². The van der Waals surface area contributed by atoms with Crippen LogP contribution in [0.4, 0.5) is 18.0 Å². The molecule has 1 amide bonds. The monoisotopic (exact) mass is 358 g/mol. The van der Waals surface area contributed by atoms with Gasteiger partial charge in [0.25, 0.3) is 0 Å². The Kier molecular flexibility index (Phi) is 6.24. The largest absolute Gasteiger partial charge is 0.445 e. The van der Waals surface area contributed by atoms with Crippen molar-refractivity contribution in [2.24, 2.45) is 0 Å². The highest BCUT2D eigenvalue weighted by atomic mass is 19.4. The van der Waals surface area contributed by atoms with E-state index in [9.17, 15) is 18.0 Å². The standard InChI is InChI=1S/C19H13F3N2O2/c20-19(21,22)17-9-8-16(12-23)15(11-17)7-4-10-24-18(25)26-13-14-5-2-1-3-6-14/h1-3,5-6,8-9,11H,10,13H2,(H,24,25). The lowest BCUT2D eigenvalue weighted by Gasteiger charge is -2.07. The minimum absolute atomic E-state index is 0.0251. The van der Waals surface area contributed by atoms with E-state index in [0.29, 0.717) is 0 Å². The third kappa shape index (κ3) is 5.57. The van der Waals surface area contributed by atoms with Gasteiger partial charge in [0.15, 0.2) is 0 Å². The van der Waals surface area contributed by atoms with Crippen molar-refractivity contribution in [3.63, 3.8) is 0 Å². The Morgan fingerprint density at radius 2 is 1.85 bits per heavy atom. The SMILES string of the molecule is N#Cc1ccc(C(F)(F)F)cc1C#CCNC(=O)OCc1ccccc1. The van der Waals surface area contributed by atoms with E-state index in [1.807, 2.05) is 18.2 Å². The molecule has 1 N–H and O–H groups in total. The number of benzene rings is 2. The van der Waals surface area contributed by atoms with Gasteiger partial charge in [-0.05, 0) is 23.8 Å². The van der Waals surface area contributed by atoms with Crippen LogP contribution >= 0.6 is 0 Å². The van der Waals surface area contributed by atoms with Crippen molar-refractivity contribution in [3.05, 3.63) is 70.8 Å². The van der Waals surface area contributed by atoms with Crippen molar-refractivity contribution in [2.75, 3.05) is 6.54 Å². The molecule has 4 nitrogen and oxygen atoms in total. The van der Waals surface area contributed by atoms with E-state index in [-0.39, 0.29) is 24.3 Å². The zero-order chi connectivity index (χ0) is 19.0. The first kappa shape index (κ1) is 18.9. The molecule has 0 aliphatic carbocycles. The lowest BCUT2D eigenvalue weighted by Crippen LogP contribution is -2.24. The van der Waals surface area contributed by atoms with Gasteiger partial charge < -0.3 is 10.1 Å². The van der Waals surface area contributed by atoms with Crippen LogP contribution in [0.1, 0.15) is 22.3 Å². The predicted octanol–water partition coefficient (Wildman–Crippen LogP) is 3.85. The van der Waals surface area contributed by atoms with Gasteiger partial charge in [-0.3, -0.25) is 0 Å². The number of halogens is 3. The molecule has 0 aliphatic heterocycles. The zero-order valence-corrected chi connectivity index (χ0v) is 13.4. The van der Waals surface area contributed by atoms with Gasteiger partial charge in [0.05, 0.1) is 17.7 Å². The van der Waals surface area contributed by atoms with E-state index in [1.165, 1.54) is 0 Å². The minimum Gasteiger partial charge on any atom is -0.445 e. The molecule has 0 aromatic heterocycles. The highest BCUT2D eigenvalue weighted by molar-refractivity contribution is 5.67. The summed E-state index contributed by atoms with van der Waals surface area (Å²) in [6.45, 7) is -0.0406. The summed E-state index contributed by atoms with van der Waals surface area (Å²) in [5.74, 6) is 4.97. The Morgan fingerprint density at radius 1 is 1.12 bits per heavy atom. The number of nitriles is 1. The molecule has 2 aromatic carbocycles. The number of rotatable bonds is 3. The van der Waals surface area contributed by atoms with Crippen molar-refractivity contribution in [1.29, 1.82) is 5.26 Å². The molecule has 0 fully saturated rings. The molecule has 132 valence electrons. The molecule has 7 heteroatoms. The summed E-state index contributed by atoms with van der Waals surface area (Å²) in [7, 11) is 0. The van der Waals surface area contributed by atoms with Crippen LogP contribution in [0.5, 0.6) is 0 Å². The smallest absolute Gasteiger partial charge is 0.416 e. The number of carbonyl (C=O) groups excluding carboxylic acids is 1. The molecule has 0 heterocycles. The molecule has 0 bridgehead atoms. The number of carbonyl (C=O) groups is 1.